The van der Waals surface area contributed by atoms with Crippen molar-refractivity contribution in [3.8, 4) is 5.75 Å². The molecule has 0 heterocycles. The fourth-order valence-corrected chi connectivity index (χ4v) is 3.41. The van der Waals surface area contributed by atoms with Crippen molar-refractivity contribution in [3.63, 3.8) is 0 Å². The van der Waals surface area contributed by atoms with Gasteiger partial charge in [0.25, 0.3) is 0 Å². The van der Waals surface area contributed by atoms with Crippen LogP contribution in [0, 0.1) is 0 Å². The van der Waals surface area contributed by atoms with Gasteiger partial charge in [-0.3, -0.25) is 0 Å². The molecule has 0 amide bonds. The number of unbranched alkanes of at least 4 members (excludes halogenated alkanes) is 1. The standard InChI is InChI=1S/C22H23Cl2NO.ClH/c1-2-3-12-25-14-20-19-7-5-4-6-16(19)9-11-22(20)26-15-17-8-10-18(23)13-21(17)24;/h4-11,13,25H,2-3,12,14-15H2,1H3;1H. The zero-order chi connectivity index (χ0) is 18.4. The Morgan fingerprint density at radius 1 is 1.00 bits per heavy atom. The van der Waals surface area contributed by atoms with Crippen LogP contribution in [-0.2, 0) is 13.2 Å². The van der Waals surface area contributed by atoms with Crippen LogP contribution in [0.4, 0.5) is 0 Å². The van der Waals surface area contributed by atoms with Crippen LogP contribution in [-0.4, -0.2) is 6.54 Å². The Kier molecular flexibility index (Phi) is 8.72. The lowest BCUT2D eigenvalue weighted by Crippen LogP contribution is -2.15. The average molecular weight is 425 g/mol. The quantitative estimate of drug-likeness (QED) is 0.392. The van der Waals surface area contributed by atoms with Crippen LogP contribution in [0.1, 0.15) is 30.9 Å². The van der Waals surface area contributed by atoms with Gasteiger partial charge in [0.1, 0.15) is 12.4 Å². The minimum atomic E-state index is 0. The molecule has 0 radical (unpaired) electrons. The molecule has 1 N–H and O–H groups in total. The summed E-state index contributed by atoms with van der Waals surface area (Å²) in [4.78, 5) is 0. The molecule has 0 saturated heterocycles. The Balaban J connectivity index is 0.00000261. The first-order valence-corrected chi connectivity index (χ1v) is 9.72. The van der Waals surface area contributed by atoms with Gasteiger partial charge < -0.3 is 10.1 Å². The molecular weight excluding hydrogens is 401 g/mol. The van der Waals surface area contributed by atoms with Crippen molar-refractivity contribution < 1.29 is 4.74 Å². The van der Waals surface area contributed by atoms with Gasteiger partial charge in [0.05, 0.1) is 0 Å². The summed E-state index contributed by atoms with van der Waals surface area (Å²) in [6.07, 6.45) is 2.35. The topological polar surface area (TPSA) is 21.3 Å². The Morgan fingerprint density at radius 2 is 1.81 bits per heavy atom. The molecule has 3 rings (SSSR count). The lowest BCUT2D eigenvalue weighted by atomic mass is 10.0. The van der Waals surface area contributed by atoms with Crippen LogP contribution < -0.4 is 10.1 Å². The van der Waals surface area contributed by atoms with E-state index >= 15 is 0 Å². The van der Waals surface area contributed by atoms with E-state index in [-0.39, 0.29) is 12.4 Å². The first kappa shape index (κ1) is 21.8. The van der Waals surface area contributed by atoms with Crippen LogP contribution >= 0.6 is 35.6 Å². The van der Waals surface area contributed by atoms with Crippen molar-refractivity contribution in [1.82, 2.24) is 5.32 Å². The van der Waals surface area contributed by atoms with Crippen molar-refractivity contribution in [2.75, 3.05) is 6.54 Å². The molecule has 0 saturated carbocycles. The van der Waals surface area contributed by atoms with E-state index in [0.29, 0.717) is 16.7 Å². The lowest BCUT2D eigenvalue weighted by molar-refractivity contribution is 0.303. The minimum Gasteiger partial charge on any atom is -0.488 e. The number of hydrogen-bond acceptors (Lipinski definition) is 2. The largest absolute Gasteiger partial charge is 0.488 e. The SMILES string of the molecule is CCCCNCc1c(OCc2ccc(Cl)cc2Cl)ccc2ccccc12.Cl. The van der Waals surface area contributed by atoms with Crippen molar-refractivity contribution >= 4 is 46.4 Å². The molecule has 0 aliphatic carbocycles. The van der Waals surface area contributed by atoms with Gasteiger partial charge in [-0.2, -0.15) is 0 Å². The molecule has 3 aromatic rings. The second kappa shape index (κ2) is 10.8. The van der Waals surface area contributed by atoms with Gasteiger partial charge in [-0.1, -0.05) is 72.9 Å². The van der Waals surface area contributed by atoms with E-state index in [9.17, 15) is 0 Å². The average Bonchev–Trinajstić information content (AvgIpc) is 2.65. The van der Waals surface area contributed by atoms with Crippen LogP contribution in [0.5, 0.6) is 5.75 Å². The first-order chi connectivity index (χ1) is 12.7. The smallest absolute Gasteiger partial charge is 0.124 e. The van der Waals surface area contributed by atoms with Gasteiger partial charge in [0.2, 0.25) is 0 Å². The van der Waals surface area contributed by atoms with E-state index < -0.39 is 0 Å². The van der Waals surface area contributed by atoms with Crippen molar-refractivity contribution in [1.29, 1.82) is 0 Å². The number of rotatable bonds is 8. The molecule has 0 atom stereocenters. The number of fused-ring (bicyclic) bond motifs is 1. The summed E-state index contributed by atoms with van der Waals surface area (Å²) < 4.78 is 6.14. The van der Waals surface area contributed by atoms with Gasteiger partial charge >= 0.3 is 0 Å². The maximum atomic E-state index is 6.27. The van der Waals surface area contributed by atoms with Crippen LogP contribution in [0.15, 0.2) is 54.6 Å². The molecule has 0 aromatic heterocycles. The van der Waals surface area contributed by atoms with Crippen LogP contribution in [0.3, 0.4) is 0 Å². The molecule has 0 aliphatic heterocycles. The molecule has 0 bridgehead atoms. The summed E-state index contributed by atoms with van der Waals surface area (Å²) in [5.74, 6) is 0.888. The second-order valence-corrected chi connectivity index (χ2v) is 7.16. The highest BCUT2D eigenvalue weighted by Gasteiger charge is 2.10. The van der Waals surface area contributed by atoms with Crippen LogP contribution in [0.25, 0.3) is 10.8 Å². The predicted molar refractivity (Wildman–Crippen MR) is 119 cm³/mol. The number of benzene rings is 3. The van der Waals surface area contributed by atoms with E-state index in [1.54, 1.807) is 6.07 Å². The number of ether oxygens (including phenoxy) is 1. The first-order valence-electron chi connectivity index (χ1n) is 8.97. The minimum absolute atomic E-state index is 0. The highest BCUT2D eigenvalue weighted by molar-refractivity contribution is 6.35. The highest BCUT2D eigenvalue weighted by atomic mass is 35.5. The molecule has 27 heavy (non-hydrogen) atoms. The number of hydrogen-bond donors (Lipinski definition) is 1. The number of halogens is 3. The summed E-state index contributed by atoms with van der Waals surface area (Å²) in [6.45, 7) is 4.40. The summed E-state index contributed by atoms with van der Waals surface area (Å²) in [6, 6.07) is 18.0. The van der Waals surface area contributed by atoms with Gasteiger partial charge in [-0.25, -0.2) is 0 Å². The van der Waals surface area contributed by atoms with E-state index in [1.807, 2.05) is 18.2 Å². The van der Waals surface area contributed by atoms with Crippen molar-refractivity contribution in [3.05, 3.63) is 75.8 Å². The maximum absolute atomic E-state index is 6.27. The highest BCUT2D eigenvalue weighted by Crippen LogP contribution is 2.30. The zero-order valence-corrected chi connectivity index (χ0v) is 17.6. The van der Waals surface area contributed by atoms with Crippen molar-refractivity contribution in [2.24, 2.45) is 0 Å². The van der Waals surface area contributed by atoms with E-state index in [1.165, 1.54) is 29.2 Å². The lowest BCUT2D eigenvalue weighted by Gasteiger charge is -2.16. The summed E-state index contributed by atoms with van der Waals surface area (Å²) in [5, 5.41) is 7.22. The molecule has 0 fully saturated rings. The van der Waals surface area contributed by atoms with E-state index in [2.05, 4.69) is 42.6 Å². The van der Waals surface area contributed by atoms with Crippen molar-refractivity contribution in [2.45, 2.75) is 32.9 Å². The third-order valence-corrected chi connectivity index (χ3v) is 4.99. The Labute approximate surface area is 177 Å². The Hall–Kier alpha value is -1.45. The fraction of sp³-hybridized carbons (Fsp3) is 0.273. The predicted octanol–water partition coefficient (Wildman–Crippen LogP) is 7.04. The number of nitrogens with one attached hydrogen (secondary N) is 1. The molecule has 3 aromatic carbocycles. The van der Waals surface area contributed by atoms with Gasteiger partial charge in [0, 0.05) is 27.7 Å². The van der Waals surface area contributed by atoms with Gasteiger partial charge in [-0.05, 0) is 41.9 Å². The normalized spacial score (nSPS) is 10.6. The maximum Gasteiger partial charge on any atom is 0.124 e. The molecule has 0 aliphatic rings. The molecule has 144 valence electrons. The van der Waals surface area contributed by atoms with Crippen LogP contribution in [0.2, 0.25) is 10.0 Å². The summed E-state index contributed by atoms with van der Waals surface area (Å²) in [5.41, 5.74) is 2.11. The Morgan fingerprint density at radius 3 is 2.59 bits per heavy atom. The molecule has 5 heteroatoms. The summed E-state index contributed by atoms with van der Waals surface area (Å²) >= 11 is 12.2. The molecule has 2 nitrogen and oxygen atoms in total. The summed E-state index contributed by atoms with van der Waals surface area (Å²) in [7, 11) is 0. The van der Waals surface area contributed by atoms with E-state index in [0.717, 1.165) is 24.4 Å². The van der Waals surface area contributed by atoms with E-state index in [4.69, 9.17) is 27.9 Å². The molecule has 0 unspecified atom stereocenters. The molecule has 0 spiro atoms. The fourth-order valence-electron chi connectivity index (χ4n) is 2.94. The van der Waals surface area contributed by atoms with Gasteiger partial charge in [-0.15, -0.1) is 12.4 Å². The zero-order valence-electron chi connectivity index (χ0n) is 15.3. The van der Waals surface area contributed by atoms with Gasteiger partial charge in [0.15, 0.2) is 0 Å². The monoisotopic (exact) mass is 423 g/mol. The third kappa shape index (κ3) is 5.76. The molecular formula is C22H24Cl3NO. The third-order valence-electron chi connectivity index (χ3n) is 4.40. The second-order valence-electron chi connectivity index (χ2n) is 6.32. The Bertz CT molecular complexity index is 883.